The predicted octanol–water partition coefficient (Wildman–Crippen LogP) is 2.16. The molecule has 10 heteroatoms. The molecule has 1 aliphatic rings. The molecule has 0 bridgehead atoms. The molecule has 30 heavy (non-hydrogen) atoms. The van der Waals surface area contributed by atoms with Gasteiger partial charge in [0.15, 0.2) is 4.77 Å². The summed E-state index contributed by atoms with van der Waals surface area (Å²) in [6.07, 6.45) is 5.36. The van der Waals surface area contributed by atoms with Gasteiger partial charge in [-0.3, -0.25) is 14.2 Å². The summed E-state index contributed by atoms with van der Waals surface area (Å²) < 4.78 is 26.8. The third-order valence-electron chi connectivity index (χ3n) is 5.39. The van der Waals surface area contributed by atoms with Gasteiger partial charge in [0.05, 0.1) is 17.2 Å². The minimum atomic E-state index is -3.22. The third-order valence-corrected chi connectivity index (χ3v) is 6.99. The number of carbonyl (C=O) groups is 1. The highest BCUT2D eigenvalue weighted by Crippen LogP contribution is 2.13. The molecule has 2 aromatic rings. The number of rotatable bonds is 8. The molecule has 164 valence electrons. The number of nitrogens with one attached hydrogen (secondary N) is 2. The van der Waals surface area contributed by atoms with Gasteiger partial charge in [-0.15, -0.1) is 0 Å². The Hall–Kier alpha value is -2.04. The van der Waals surface area contributed by atoms with Crippen LogP contribution in [0, 0.1) is 4.77 Å². The molecule has 8 nitrogen and oxygen atoms in total. The van der Waals surface area contributed by atoms with E-state index in [2.05, 4.69) is 10.3 Å². The minimum absolute atomic E-state index is 0.0597. The van der Waals surface area contributed by atoms with Gasteiger partial charge in [-0.2, -0.15) is 0 Å². The number of aromatic amines is 1. The third kappa shape index (κ3) is 5.77. The van der Waals surface area contributed by atoms with Gasteiger partial charge in [-0.25, -0.2) is 12.7 Å². The van der Waals surface area contributed by atoms with Gasteiger partial charge < -0.3 is 10.3 Å². The Balaban J connectivity index is 1.43. The molecule has 1 unspecified atom stereocenters. The van der Waals surface area contributed by atoms with Crippen molar-refractivity contribution in [3.63, 3.8) is 0 Å². The van der Waals surface area contributed by atoms with E-state index in [0.29, 0.717) is 42.6 Å². The van der Waals surface area contributed by atoms with Crippen LogP contribution >= 0.6 is 12.2 Å². The quantitative estimate of drug-likeness (QED) is 0.472. The summed E-state index contributed by atoms with van der Waals surface area (Å²) in [7, 11) is -3.22. The molecule has 1 fully saturated rings. The summed E-state index contributed by atoms with van der Waals surface area (Å²) in [6.45, 7) is 1.36. The lowest BCUT2D eigenvalue weighted by atomic mass is 10.1. The first-order chi connectivity index (χ1) is 14.3. The lowest BCUT2D eigenvalue weighted by Crippen LogP contribution is -2.49. The minimum Gasteiger partial charge on any atom is -0.352 e. The summed E-state index contributed by atoms with van der Waals surface area (Å²) in [5.41, 5.74) is 0.636. The summed E-state index contributed by atoms with van der Waals surface area (Å²) in [4.78, 5) is 27.9. The summed E-state index contributed by atoms with van der Waals surface area (Å²) in [6, 6.07) is 7.16. The number of unbranched alkanes of at least 4 members (excludes halogenated alkanes) is 2. The number of aromatic nitrogens is 2. The molecule has 3 rings (SSSR count). The molecule has 1 amide bonds. The predicted molar refractivity (Wildman–Crippen MR) is 119 cm³/mol. The number of para-hydroxylation sites is 1. The van der Waals surface area contributed by atoms with E-state index < -0.39 is 10.0 Å². The molecule has 0 radical (unpaired) electrons. The zero-order valence-electron chi connectivity index (χ0n) is 17.1. The number of sulfonamides is 1. The van der Waals surface area contributed by atoms with Gasteiger partial charge in [0.2, 0.25) is 15.9 Å². The highest BCUT2D eigenvalue weighted by Gasteiger charge is 2.26. The van der Waals surface area contributed by atoms with E-state index in [9.17, 15) is 18.0 Å². The number of fused-ring (bicyclic) bond motifs is 1. The lowest BCUT2D eigenvalue weighted by Gasteiger charge is -2.31. The van der Waals surface area contributed by atoms with Crippen molar-refractivity contribution in [1.82, 2.24) is 19.2 Å². The Morgan fingerprint density at radius 3 is 2.80 bits per heavy atom. The van der Waals surface area contributed by atoms with Crippen LogP contribution in [0.2, 0.25) is 0 Å². The Kier molecular flexibility index (Phi) is 7.43. The normalized spacial score (nSPS) is 17.8. The zero-order valence-corrected chi connectivity index (χ0v) is 18.7. The van der Waals surface area contributed by atoms with Crippen molar-refractivity contribution >= 4 is 39.1 Å². The number of piperidine rings is 1. The van der Waals surface area contributed by atoms with Crippen LogP contribution in [0.25, 0.3) is 10.9 Å². The van der Waals surface area contributed by atoms with Gasteiger partial charge in [0.25, 0.3) is 5.56 Å². The molecule has 1 aromatic heterocycles. The molecular formula is C20H28N4O4S2. The maximum absolute atomic E-state index is 12.6. The second-order valence-electron chi connectivity index (χ2n) is 7.77. The van der Waals surface area contributed by atoms with Crippen LogP contribution in [-0.2, 0) is 21.4 Å². The summed E-state index contributed by atoms with van der Waals surface area (Å²) in [5.74, 6) is -0.0597. The van der Waals surface area contributed by atoms with Crippen molar-refractivity contribution in [2.24, 2.45) is 0 Å². The van der Waals surface area contributed by atoms with Gasteiger partial charge in [0, 0.05) is 32.1 Å². The molecule has 2 heterocycles. The second kappa shape index (κ2) is 9.84. The van der Waals surface area contributed by atoms with Crippen molar-refractivity contribution in [3.8, 4) is 0 Å². The Morgan fingerprint density at radius 2 is 2.03 bits per heavy atom. The van der Waals surface area contributed by atoms with Crippen LogP contribution in [-0.4, -0.2) is 53.6 Å². The zero-order chi connectivity index (χ0) is 21.7. The van der Waals surface area contributed by atoms with Crippen LogP contribution in [0.5, 0.6) is 0 Å². The maximum Gasteiger partial charge on any atom is 0.262 e. The second-order valence-corrected chi connectivity index (χ2v) is 10.1. The van der Waals surface area contributed by atoms with E-state index in [1.807, 2.05) is 18.2 Å². The monoisotopic (exact) mass is 452 g/mol. The fourth-order valence-electron chi connectivity index (χ4n) is 3.80. The first-order valence-corrected chi connectivity index (χ1v) is 12.5. The standard InChI is InChI=1S/C20H28N4O4S2/c1-30(27,28)23-12-7-8-15(14-23)21-18(25)11-3-2-6-13-24-19(26)16-9-4-5-10-17(16)22-20(24)29/h4-5,9-10,15H,2-3,6-8,11-14H2,1H3,(H,21,25)(H,22,29). The van der Waals surface area contributed by atoms with Crippen LogP contribution < -0.4 is 10.9 Å². The number of hydrogen-bond acceptors (Lipinski definition) is 5. The number of amides is 1. The number of benzene rings is 1. The highest BCUT2D eigenvalue weighted by molar-refractivity contribution is 7.88. The molecule has 0 aliphatic carbocycles. The highest BCUT2D eigenvalue weighted by atomic mass is 32.2. The molecule has 1 saturated heterocycles. The van der Waals surface area contributed by atoms with E-state index in [-0.39, 0.29) is 17.5 Å². The molecular weight excluding hydrogens is 424 g/mol. The largest absolute Gasteiger partial charge is 0.352 e. The maximum atomic E-state index is 12.6. The van der Waals surface area contributed by atoms with E-state index in [1.165, 1.54) is 10.6 Å². The average Bonchev–Trinajstić information content (AvgIpc) is 2.69. The molecule has 1 aromatic carbocycles. The Labute approximate surface area is 181 Å². The number of hydrogen-bond donors (Lipinski definition) is 2. The van der Waals surface area contributed by atoms with E-state index in [4.69, 9.17) is 12.2 Å². The van der Waals surface area contributed by atoms with Gasteiger partial charge >= 0.3 is 0 Å². The van der Waals surface area contributed by atoms with Gasteiger partial charge in [0.1, 0.15) is 0 Å². The molecule has 1 atom stereocenters. The van der Waals surface area contributed by atoms with Crippen molar-refractivity contribution in [1.29, 1.82) is 0 Å². The van der Waals surface area contributed by atoms with Crippen LogP contribution in [0.4, 0.5) is 0 Å². The lowest BCUT2D eigenvalue weighted by molar-refractivity contribution is -0.122. The fourth-order valence-corrected chi connectivity index (χ4v) is 4.99. The van der Waals surface area contributed by atoms with Crippen LogP contribution in [0.15, 0.2) is 29.1 Å². The van der Waals surface area contributed by atoms with Gasteiger partial charge in [-0.1, -0.05) is 18.6 Å². The summed E-state index contributed by atoms with van der Waals surface area (Å²) >= 11 is 5.31. The Bertz CT molecular complexity index is 1120. The molecule has 2 N–H and O–H groups in total. The number of nitrogens with zero attached hydrogens (tertiary/aromatic N) is 2. The van der Waals surface area contributed by atoms with Gasteiger partial charge in [-0.05, 0) is 50.0 Å². The first kappa shape index (κ1) is 22.6. The summed E-state index contributed by atoms with van der Waals surface area (Å²) in [5, 5.41) is 3.56. The molecule has 0 spiro atoms. The average molecular weight is 453 g/mol. The number of H-pyrrole nitrogens is 1. The fraction of sp³-hybridized carbons (Fsp3) is 0.550. The Morgan fingerprint density at radius 1 is 1.27 bits per heavy atom. The number of carbonyl (C=O) groups excluding carboxylic acids is 1. The van der Waals surface area contributed by atoms with E-state index in [1.54, 1.807) is 10.6 Å². The molecule has 0 saturated carbocycles. The van der Waals surface area contributed by atoms with Crippen LogP contribution in [0.1, 0.15) is 38.5 Å². The topological polar surface area (TPSA) is 104 Å². The molecule has 1 aliphatic heterocycles. The first-order valence-electron chi connectivity index (χ1n) is 10.2. The van der Waals surface area contributed by atoms with E-state index >= 15 is 0 Å². The van der Waals surface area contributed by atoms with Crippen molar-refractivity contribution < 1.29 is 13.2 Å². The van der Waals surface area contributed by atoms with Crippen molar-refractivity contribution in [2.45, 2.75) is 51.1 Å². The SMILES string of the molecule is CS(=O)(=O)N1CCCC(NC(=O)CCCCCn2c(=S)[nH]c3ccccc3c2=O)C1. The van der Waals surface area contributed by atoms with Crippen molar-refractivity contribution in [2.75, 3.05) is 19.3 Å². The van der Waals surface area contributed by atoms with Crippen LogP contribution in [0.3, 0.4) is 0 Å². The van der Waals surface area contributed by atoms with Crippen molar-refractivity contribution in [3.05, 3.63) is 39.4 Å². The van der Waals surface area contributed by atoms with E-state index in [0.717, 1.165) is 31.2 Å². The smallest absolute Gasteiger partial charge is 0.262 e.